The van der Waals surface area contributed by atoms with Crippen LogP contribution in [0.1, 0.15) is 30.5 Å². The highest BCUT2D eigenvalue weighted by Gasteiger charge is 2.16. The molecule has 188 valence electrons. The first-order valence-electron chi connectivity index (χ1n) is 11.3. The highest BCUT2D eigenvalue weighted by molar-refractivity contribution is 6.03. The summed E-state index contributed by atoms with van der Waals surface area (Å²) < 4.78 is 0. The van der Waals surface area contributed by atoms with Gasteiger partial charge < -0.3 is 32.3 Å². The fourth-order valence-electron chi connectivity index (χ4n) is 3.40. The van der Waals surface area contributed by atoms with Crippen molar-refractivity contribution in [1.29, 1.82) is 10.8 Å². The maximum atomic E-state index is 12.4. The fraction of sp³-hybridized carbons (Fsp3) is 0.250. The number of anilines is 2. The summed E-state index contributed by atoms with van der Waals surface area (Å²) in [6.45, 7) is 5.37. The fourth-order valence-corrected chi connectivity index (χ4v) is 3.40. The van der Waals surface area contributed by atoms with E-state index in [2.05, 4.69) is 32.7 Å². The number of carbonyl (C=O) groups excluding carboxylic acids is 2. The predicted octanol–water partition coefficient (Wildman–Crippen LogP) is 1.36. The summed E-state index contributed by atoms with van der Waals surface area (Å²) in [4.78, 5) is 26.4. The first-order chi connectivity index (χ1) is 17.2. The number of aromatic nitrogens is 2. The number of nitrogens with zero attached hydrogens (tertiary/aromatic N) is 3. The van der Waals surface area contributed by atoms with Crippen molar-refractivity contribution in [3.05, 3.63) is 65.9 Å². The molecule has 9 N–H and O–H groups in total. The van der Waals surface area contributed by atoms with E-state index in [-0.39, 0.29) is 42.1 Å². The van der Waals surface area contributed by atoms with E-state index in [4.69, 9.17) is 22.3 Å². The van der Waals surface area contributed by atoms with Crippen molar-refractivity contribution in [3.8, 4) is 0 Å². The Morgan fingerprint density at radius 3 is 2.36 bits per heavy atom. The normalized spacial score (nSPS) is 12.8. The monoisotopic (exact) mass is 490 g/mol. The molecule has 12 nitrogen and oxygen atoms in total. The first-order valence-corrected chi connectivity index (χ1v) is 11.3. The van der Waals surface area contributed by atoms with E-state index in [0.29, 0.717) is 37.4 Å². The van der Waals surface area contributed by atoms with Crippen LogP contribution in [0.4, 0.5) is 11.5 Å². The van der Waals surface area contributed by atoms with Gasteiger partial charge in [0.1, 0.15) is 0 Å². The van der Waals surface area contributed by atoms with Crippen LogP contribution >= 0.6 is 0 Å². The average Bonchev–Trinajstić information content (AvgIpc) is 2.87. The summed E-state index contributed by atoms with van der Waals surface area (Å²) in [5, 5.41) is 31.0. The molecule has 1 aromatic carbocycles. The van der Waals surface area contributed by atoms with Crippen LogP contribution in [0.2, 0.25) is 0 Å². The molecule has 0 atom stereocenters. The van der Waals surface area contributed by atoms with Gasteiger partial charge >= 0.3 is 0 Å². The Morgan fingerprint density at radius 1 is 1.03 bits per heavy atom. The molecule has 0 unspecified atom stereocenters. The molecule has 12 heteroatoms. The van der Waals surface area contributed by atoms with E-state index in [1.807, 2.05) is 18.2 Å². The van der Waals surface area contributed by atoms with Crippen molar-refractivity contribution < 1.29 is 9.59 Å². The summed E-state index contributed by atoms with van der Waals surface area (Å²) in [7, 11) is 0. The van der Waals surface area contributed by atoms with Gasteiger partial charge in [-0.25, -0.2) is 0 Å². The molecule has 0 aliphatic carbocycles. The topological polar surface area (TPSA) is 199 Å². The standard InChI is InChI=1S/C24H30N10O2/c1-15(2-9-21(35)30-18-5-3-16(4-6-18)14-29-23(25)26)22(36)31-20-8-7-19(32-33-20)17-10-12-34(13-11-17)24(27)28/h3-8,10H,1-2,9,11-14H2,(H3,27,28)(H,30,35)(H4,25,26,29)(H,31,33,36). The lowest BCUT2D eigenvalue weighted by atomic mass is 10.0. The average molecular weight is 491 g/mol. The van der Waals surface area contributed by atoms with E-state index in [9.17, 15) is 9.59 Å². The smallest absolute Gasteiger partial charge is 0.252 e. The second-order valence-corrected chi connectivity index (χ2v) is 8.18. The van der Waals surface area contributed by atoms with E-state index < -0.39 is 5.91 Å². The summed E-state index contributed by atoms with van der Waals surface area (Å²) in [5.41, 5.74) is 14.3. The van der Waals surface area contributed by atoms with E-state index >= 15 is 0 Å². The molecule has 0 spiro atoms. The Hall–Kier alpha value is -4.74. The number of benzene rings is 1. The number of amides is 2. The molecular weight excluding hydrogens is 460 g/mol. The lowest BCUT2D eigenvalue weighted by Crippen LogP contribution is -2.39. The van der Waals surface area contributed by atoms with Crippen molar-refractivity contribution in [1.82, 2.24) is 20.4 Å². The number of nitrogens with two attached hydrogens (primary N) is 2. The van der Waals surface area contributed by atoms with E-state index in [1.54, 1.807) is 29.2 Å². The molecule has 36 heavy (non-hydrogen) atoms. The van der Waals surface area contributed by atoms with Crippen LogP contribution in [0.3, 0.4) is 0 Å². The molecule has 0 radical (unpaired) electrons. The van der Waals surface area contributed by atoms with Gasteiger partial charge in [-0.1, -0.05) is 24.8 Å². The summed E-state index contributed by atoms with van der Waals surface area (Å²) in [5.74, 6) is -0.453. The zero-order valence-corrected chi connectivity index (χ0v) is 19.8. The molecule has 0 saturated carbocycles. The molecule has 1 aliphatic rings. The van der Waals surface area contributed by atoms with Gasteiger partial charge in [-0.15, -0.1) is 10.2 Å². The second kappa shape index (κ2) is 12.1. The number of hydrogen-bond donors (Lipinski definition) is 7. The van der Waals surface area contributed by atoms with Crippen LogP contribution in [-0.2, 0) is 16.1 Å². The van der Waals surface area contributed by atoms with Crippen molar-refractivity contribution in [2.45, 2.75) is 25.8 Å². The van der Waals surface area contributed by atoms with Crippen LogP contribution in [0.25, 0.3) is 5.57 Å². The SMILES string of the molecule is C=C(CCC(=O)Nc1ccc(CNC(=N)N)cc1)C(=O)Nc1ccc(C2=CCN(C(=N)N)CC2)nn1. The van der Waals surface area contributed by atoms with E-state index in [1.165, 1.54) is 0 Å². The summed E-state index contributed by atoms with van der Waals surface area (Å²) >= 11 is 0. The minimum Gasteiger partial charge on any atom is -0.370 e. The Morgan fingerprint density at radius 2 is 1.78 bits per heavy atom. The third-order valence-corrected chi connectivity index (χ3v) is 5.48. The Bertz CT molecular complexity index is 1170. The Balaban J connectivity index is 1.43. The maximum absolute atomic E-state index is 12.4. The van der Waals surface area contributed by atoms with Gasteiger partial charge in [-0.2, -0.15) is 0 Å². The van der Waals surface area contributed by atoms with E-state index in [0.717, 1.165) is 11.1 Å². The minimum absolute atomic E-state index is 0.0426. The zero-order chi connectivity index (χ0) is 26.1. The number of hydrogen-bond acceptors (Lipinski definition) is 6. The summed E-state index contributed by atoms with van der Waals surface area (Å²) in [6.07, 6.45) is 2.93. The third-order valence-electron chi connectivity index (χ3n) is 5.48. The van der Waals surface area contributed by atoms with Gasteiger partial charge in [0.15, 0.2) is 17.7 Å². The Labute approximate surface area is 208 Å². The van der Waals surface area contributed by atoms with Gasteiger partial charge in [0.2, 0.25) is 5.91 Å². The maximum Gasteiger partial charge on any atom is 0.252 e. The summed E-state index contributed by atoms with van der Waals surface area (Å²) in [6, 6.07) is 10.6. The molecule has 2 amide bonds. The van der Waals surface area contributed by atoms with Crippen LogP contribution in [0, 0.1) is 10.8 Å². The lowest BCUT2D eigenvalue weighted by Gasteiger charge is -2.26. The van der Waals surface area contributed by atoms with Crippen LogP contribution in [-0.4, -0.2) is 51.9 Å². The van der Waals surface area contributed by atoms with Crippen molar-refractivity contribution >= 4 is 40.8 Å². The van der Waals surface area contributed by atoms with Crippen molar-refractivity contribution in [3.63, 3.8) is 0 Å². The largest absolute Gasteiger partial charge is 0.370 e. The first kappa shape index (κ1) is 25.9. The number of rotatable bonds is 9. The highest BCUT2D eigenvalue weighted by Crippen LogP contribution is 2.21. The van der Waals surface area contributed by atoms with Gasteiger partial charge in [0.25, 0.3) is 5.91 Å². The Kier molecular flexibility index (Phi) is 8.70. The minimum atomic E-state index is -0.429. The van der Waals surface area contributed by atoms with Gasteiger partial charge in [-0.05, 0) is 48.2 Å². The molecule has 0 saturated heterocycles. The molecule has 0 bridgehead atoms. The predicted molar refractivity (Wildman–Crippen MR) is 139 cm³/mol. The number of nitrogens with one attached hydrogen (secondary N) is 5. The quantitative estimate of drug-likeness (QED) is 0.155. The zero-order valence-electron chi connectivity index (χ0n) is 19.8. The van der Waals surface area contributed by atoms with Crippen LogP contribution in [0.5, 0.6) is 0 Å². The molecule has 3 rings (SSSR count). The molecule has 1 aromatic heterocycles. The highest BCUT2D eigenvalue weighted by atomic mass is 16.2. The third kappa shape index (κ3) is 7.65. The number of carbonyl (C=O) groups is 2. The lowest BCUT2D eigenvalue weighted by molar-refractivity contribution is -0.116. The second-order valence-electron chi connectivity index (χ2n) is 8.18. The van der Waals surface area contributed by atoms with Crippen molar-refractivity contribution in [2.24, 2.45) is 11.5 Å². The van der Waals surface area contributed by atoms with Crippen LogP contribution < -0.4 is 27.4 Å². The van der Waals surface area contributed by atoms with Gasteiger partial charge in [0.05, 0.1) is 5.69 Å². The molecule has 2 heterocycles. The van der Waals surface area contributed by atoms with Gasteiger partial charge in [0, 0.05) is 37.3 Å². The number of guanidine groups is 2. The molecule has 1 aliphatic heterocycles. The molecule has 2 aromatic rings. The van der Waals surface area contributed by atoms with Crippen LogP contribution in [0.15, 0.2) is 54.6 Å². The molecular formula is C24H30N10O2. The van der Waals surface area contributed by atoms with Crippen molar-refractivity contribution in [2.75, 3.05) is 23.7 Å². The molecule has 0 fully saturated rings. The van der Waals surface area contributed by atoms with Gasteiger partial charge in [-0.3, -0.25) is 20.4 Å².